The van der Waals surface area contributed by atoms with E-state index in [2.05, 4.69) is 6.92 Å². The van der Waals surface area contributed by atoms with Gasteiger partial charge in [-0.15, -0.1) is 0 Å². The topological polar surface area (TPSA) is 61.8 Å². The maximum atomic E-state index is 11.6. The average Bonchev–Trinajstić information content (AvgIpc) is 2.62. The Morgan fingerprint density at radius 3 is 2.04 bits per heavy atom. The quantitative estimate of drug-likeness (QED) is 0.300. The van der Waals surface area contributed by atoms with E-state index < -0.39 is 0 Å². The fourth-order valence-electron chi connectivity index (χ4n) is 2.20. The van der Waals surface area contributed by atoms with Crippen LogP contribution in [0.5, 0.6) is 17.2 Å². The molecule has 25 heavy (non-hydrogen) atoms. The highest BCUT2D eigenvalue weighted by Gasteiger charge is 2.13. The molecule has 5 heteroatoms. The van der Waals surface area contributed by atoms with Crippen LogP contribution in [0.25, 0.3) is 0 Å². The number of carbonyl (C=O) groups excluding carboxylic acids is 2. The lowest BCUT2D eigenvalue weighted by Gasteiger charge is -2.12. The summed E-state index contributed by atoms with van der Waals surface area (Å²) in [5.41, 5.74) is 0. The third-order valence-electron chi connectivity index (χ3n) is 3.71. The summed E-state index contributed by atoms with van der Waals surface area (Å²) in [6.45, 7) is 6.23. The van der Waals surface area contributed by atoms with E-state index in [1.165, 1.54) is 25.7 Å². The molecule has 0 fully saturated rings. The van der Waals surface area contributed by atoms with Crippen LogP contribution in [0.15, 0.2) is 18.2 Å². The number of ether oxygens (including phenoxy) is 3. The summed E-state index contributed by atoms with van der Waals surface area (Å²) >= 11 is 0. The highest BCUT2D eigenvalue weighted by atomic mass is 16.6. The van der Waals surface area contributed by atoms with Gasteiger partial charge in [0.25, 0.3) is 0 Å². The smallest absolute Gasteiger partial charge is 0.311 e. The lowest BCUT2D eigenvalue weighted by atomic mass is 10.1. The van der Waals surface area contributed by atoms with E-state index in [0.717, 1.165) is 12.8 Å². The molecule has 0 saturated heterocycles. The lowest BCUT2D eigenvalue weighted by Crippen LogP contribution is -2.10. The molecule has 1 rings (SSSR count). The van der Waals surface area contributed by atoms with Crippen molar-refractivity contribution in [3.8, 4) is 17.2 Å². The van der Waals surface area contributed by atoms with Crippen molar-refractivity contribution in [3.05, 3.63) is 18.2 Å². The normalized spacial score (nSPS) is 10.4. The molecule has 0 amide bonds. The molecular weight excluding hydrogens is 320 g/mol. The second kappa shape index (κ2) is 12.3. The van der Waals surface area contributed by atoms with E-state index in [1.54, 1.807) is 32.0 Å². The van der Waals surface area contributed by atoms with Crippen LogP contribution >= 0.6 is 0 Å². The molecule has 140 valence electrons. The van der Waals surface area contributed by atoms with Crippen LogP contribution in [0.1, 0.15) is 72.1 Å². The van der Waals surface area contributed by atoms with Gasteiger partial charge in [-0.1, -0.05) is 52.9 Å². The summed E-state index contributed by atoms with van der Waals surface area (Å²) in [5, 5.41) is 0. The minimum atomic E-state index is -0.387. The van der Waals surface area contributed by atoms with E-state index in [-0.39, 0.29) is 36.3 Å². The highest BCUT2D eigenvalue weighted by Crippen LogP contribution is 2.32. The van der Waals surface area contributed by atoms with E-state index >= 15 is 0 Å². The van der Waals surface area contributed by atoms with Gasteiger partial charge in [0, 0.05) is 18.9 Å². The number of hydrogen-bond donors (Lipinski definition) is 0. The lowest BCUT2D eigenvalue weighted by molar-refractivity contribution is -0.136. The molecule has 0 radical (unpaired) electrons. The maximum Gasteiger partial charge on any atom is 0.311 e. The summed E-state index contributed by atoms with van der Waals surface area (Å²) in [6.07, 6.45) is 7.63. The number of hydrogen-bond acceptors (Lipinski definition) is 5. The van der Waals surface area contributed by atoms with Gasteiger partial charge in [0.05, 0.1) is 6.61 Å². The van der Waals surface area contributed by atoms with Crippen molar-refractivity contribution in [3.63, 3.8) is 0 Å². The monoisotopic (exact) mass is 350 g/mol. The van der Waals surface area contributed by atoms with Crippen LogP contribution in [-0.4, -0.2) is 18.5 Å². The molecule has 1 aromatic rings. The molecule has 5 nitrogen and oxygen atoms in total. The summed E-state index contributed by atoms with van der Waals surface area (Å²) in [5.74, 6) is 0.287. The fraction of sp³-hybridized carbons (Fsp3) is 0.600. The van der Waals surface area contributed by atoms with E-state index in [9.17, 15) is 9.59 Å². The van der Waals surface area contributed by atoms with Crippen molar-refractivity contribution in [2.75, 3.05) is 6.61 Å². The second-order valence-corrected chi connectivity index (χ2v) is 5.88. The first-order valence-electron chi connectivity index (χ1n) is 9.28. The standard InChI is InChI=1S/C20H30O5/c1-4-7-8-9-10-11-14-23-16-12-13-17(24-19(21)5-2)18(15-16)25-20(22)6-3/h12-13,15H,4-11,14H2,1-3H3. The summed E-state index contributed by atoms with van der Waals surface area (Å²) < 4.78 is 16.2. The van der Waals surface area contributed by atoms with Gasteiger partial charge in [0.15, 0.2) is 11.5 Å². The van der Waals surface area contributed by atoms with Gasteiger partial charge in [0.2, 0.25) is 0 Å². The Balaban J connectivity index is 2.60. The van der Waals surface area contributed by atoms with E-state index in [0.29, 0.717) is 12.4 Å². The Morgan fingerprint density at radius 2 is 1.40 bits per heavy atom. The van der Waals surface area contributed by atoms with Crippen LogP contribution in [0.3, 0.4) is 0 Å². The van der Waals surface area contributed by atoms with Gasteiger partial charge in [-0.25, -0.2) is 0 Å². The molecule has 0 aliphatic rings. The zero-order valence-electron chi connectivity index (χ0n) is 15.6. The molecule has 0 aromatic heterocycles. The third-order valence-corrected chi connectivity index (χ3v) is 3.71. The SMILES string of the molecule is CCCCCCCCOc1ccc(OC(=O)CC)c(OC(=O)CC)c1. The molecule has 0 saturated carbocycles. The van der Waals surface area contributed by atoms with Crippen molar-refractivity contribution in [2.45, 2.75) is 72.1 Å². The maximum absolute atomic E-state index is 11.6. The van der Waals surface area contributed by atoms with Gasteiger partial charge >= 0.3 is 11.9 Å². The number of carbonyl (C=O) groups is 2. The zero-order valence-corrected chi connectivity index (χ0v) is 15.6. The molecule has 0 spiro atoms. The first-order chi connectivity index (χ1) is 12.1. The van der Waals surface area contributed by atoms with Crippen LogP contribution in [0.2, 0.25) is 0 Å². The molecule has 0 N–H and O–H groups in total. The predicted molar refractivity (Wildman–Crippen MR) is 97.2 cm³/mol. The Hall–Kier alpha value is -2.04. The number of unbranched alkanes of at least 4 members (excludes halogenated alkanes) is 5. The Morgan fingerprint density at radius 1 is 0.800 bits per heavy atom. The summed E-state index contributed by atoms with van der Waals surface area (Å²) in [7, 11) is 0. The van der Waals surface area contributed by atoms with Gasteiger partial charge in [0.1, 0.15) is 5.75 Å². The highest BCUT2D eigenvalue weighted by molar-refractivity contribution is 5.76. The van der Waals surface area contributed by atoms with Crippen molar-refractivity contribution in [1.82, 2.24) is 0 Å². The van der Waals surface area contributed by atoms with Crippen LogP contribution in [-0.2, 0) is 9.59 Å². The van der Waals surface area contributed by atoms with Crippen molar-refractivity contribution < 1.29 is 23.8 Å². The molecule has 0 unspecified atom stereocenters. The van der Waals surface area contributed by atoms with E-state index in [4.69, 9.17) is 14.2 Å². The minimum absolute atomic E-state index is 0.217. The average molecular weight is 350 g/mol. The molecule has 0 heterocycles. The Bertz CT molecular complexity index is 539. The van der Waals surface area contributed by atoms with Crippen LogP contribution in [0.4, 0.5) is 0 Å². The Labute approximate surface area is 150 Å². The molecule has 0 atom stereocenters. The number of esters is 2. The van der Waals surface area contributed by atoms with Gasteiger partial charge < -0.3 is 14.2 Å². The summed E-state index contributed by atoms with van der Waals surface area (Å²) in [4.78, 5) is 23.1. The van der Waals surface area contributed by atoms with E-state index in [1.807, 2.05) is 0 Å². The van der Waals surface area contributed by atoms with Crippen molar-refractivity contribution in [2.24, 2.45) is 0 Å². The third kappa shape index (κ3) is 8.57. The van der Waals surface area contributed by atoms with Crippen LogP contribution < -0.4 is 14.2 Å². The minimum Gasteiger partial charge on any atom is -0.493 e. The van der Waals surface area contributed by atoms with Crippen molar-refractivity contribution in [1.29, 1.82) is 0 Å². The molecule has 0 aliphatic carbocycles. The van der Waals surface area contributed by atoms with Crippen LogP contribution in [0, 0.1) is 0 Å². The number of rotatable bonds is 12. The van der Waals surface area contributed by atoms with Gasteiger partial charge in [-0.3, -0.25) is 9.59 Å². The van der Waals surface area contributed by atoms with Crippen molar-refractivity contribution >= 4 is 11.9 Å². The first kappa shape index (κ1) is 21.0. The second-order valence-electron chi connectivity index (χ2n) is 5.88. The van der Waals surface area contributed by atoms with Gasteiger partial charge in [-0.2, -0.15) is 0 Å². The molecule has 0 bridgehead atoms. The molecular formula is C20H30O5. The number of benzene rings is 1. The Kier molecular flexibility index (Phi) is 10.4. The zero-order chi connectivity index (χ0) is 18.5. The van der Waals surface area contributed by atoms with Gasteiger partial charge in [-0.05, 0) is 18.6 Å². The molecule has 0 aliphatic heterocycles. The fourth-order valence-corrected chi connectivity index (χ4v) is 2.20. The molecule has 1 aromatic carbocycles. The summed E-state index contributed by atoms with van der Waals surface area (Å²) in [6, 6.07) is 4.92. The predicted octanol–water partition coefficient (Wildman–Crippen LogP) is 5.06. The first-order valence-corrected chi connectivity index (χ1v) is 9.28. The largest absolute Gasteiger partial charge is 0.493 e.